The number of rotatable bonds is 7. The lowest BCUT2D eigenvalue weighted by Crippen LogP contribution is -2.44. The molecule has 0 spiro atoms. The summed E-state index contributed by atoms with van der Waals surface area (Å²) >= 11 is 0. The number of halogens is 1. The van der Waals surface area contributed by atoms with E-state index in [2.05, 4.69) is 12.2 Å². The van der Waals surface area contributed by atoms with Crippen molar-refractivity contribution in [2.24, 2.45) is 0 Å². The van der Waals surface area contributed by atoms with Crippen molar-refractivity contribution in [2.75, 3.05) is 37.7 Å². The number of nitrogens with zero attached hydrogens (tertiary/aromatic N) is 2. The summed E-state index contributed by atoms with van der Waals surface area (Å²) in [6.45, 7) is 5.45. The predicted molar refractivity (Wildman–Crippen MR) is 104 cm³/mol. The zero-order valence-electron chi connectivity index (χ0n) is 15.3. The molecule has 2 amide bonds. The van der Waals surface area contributed by atoms with Crippen molar-refractivity contribution in [3.63, 3.8) is 0 Å². The van der Waals surface area contributed by atoms with E-state index in [0.29, 0.717) is 12.2 Å². The van der Waals surface area contributed by atoms with Gasteiger partial charge in [-0.3, -0.25) is 9.59 Å². The minimum absolute atomic E-state index is 0. The summed E-state index contributed by atoms with van der Waals surface area (Å²) in [5.74, 6) is 0.806. The highest BCUT2D eigenvalue weighted by Crippen LogP contribution is 2.25. The maximum Gasteiger partial charge on any atom is 0.260 e. The highest BCUT2D eigenvalue weighted by atomic mass is 35.5. The van der Waals surface area contributed by atoms with Crippen molar-refractivity contribution >= 4 is 29.9 Å². The molecule has 2 fully saturated rings. The first kappa shape index (κ1) is 20.5. The molecule has 1 N–H and O–H groups in total. The van der Waals surface area contributed by atoms with E-state index in [1.165, 1.54) is 0 Å². The highest BCUT2D eigenvalue weighted by Gasteiger charge is 2.26. The molecule has 2 saturated heterocycles. The van der Waals surface area contributed by atoms with Gasteiger partial charge in [-0.15, -0.1) is 12.4 Å². The third-order valence-electron chi connectivity index (χ3n) is 4.82. The normalized spacial score (nSPS) is 19.3. The minimum Gasteiger partial charge on any atom is -0.484 e. The molecule has 1 unspecified atom stereocenters. The smallest absolute Gasteiger partial charge is 0.260 e. The predicted octanol–water partition coefficient (Wildman–Crippen LogP) is 2.21. The number of amides is 2. The van der Waals surface area contributed by atoms with Gasteiger partial charge in [0.25, 0.3) is 5.91 Å². The molecule has 1 aromatic rings. The summed E-state index contributed by atoms with van der Waals surface area (Å²) in [5.41, 5.74) is 0.845. The van der Waals surface area contributed by atoms with Crippen LogP contribution in [-0.2, 0) is 9.59 Å². The first-order valence-electron chi connectivity index (χ1n) is 9.22. The lowest BCUT2D eigenvalue weighted by molar-refractivity contribution is -0.135. The molecular weight excluding hydrogens is 354 g/mol. The lowest BCUT2D eigenvalue weighted by atomic mass is 10.2. The van der Waals surface area contributed by atoms with Crippen LogP contribution in [0, 0.1) is 0 Å². The van der Waals surface area contributed by atoms with Crippen LogP contribution in [0.25, 0.3) is 0 Å². The molecule has 0 bridgehead atoms. The van der Waals surface area contributed by atoms with Crippen molar-refractivity contribution in [3.05, 3.63) is 24.3 Å². The number of hydrogen-bond acceptors (Lipinski definition) is 4. The monoisotopic (exact) mass is 381 g/mol. The molecule has 0 aromatic heterocycles. The van der Waals surface area contributed by atoms with Crippen LogP contribution in [0.15, 0.2) is 24.3 Å². The van der Waals surface area contributed by atoms with E-state index in [-0.39, 0.29) is 36.9 Å². The van der Waals surface area contributed by atoms with E-state index in [4.69, 9.17) is 4.74 Å². The van der Waals surface area contributed by atoms with Crippen molar-refractivity contribution in [1.29, 1.82) is 0 Å². The molecule has 3 rings (SSSR count). The number of benzene rings is 1. The fourth-order valence-electron chi connectivity index (χ4n) is 3.55. The summed E-state index contributed by atoms with van der Waals surface area (Å²) in [4.78, 5) is 28.2. The molecule has 6 nitrogen and oxygen atoms in total. The Balaban J connectivity index is 0.00000243. The molecule has 7 heteroatoms. The zero-order chi connectivity index (χ0) is 17.6. The fraction of sp³-hybridized carbons (Fsp3) is 0.579. The number of anilines is 1. The van der Waals surface area contributed by atoms with Crippen molar-refractivity contribution in [2.45, 2.75) is 38.6 Å². The van der Waals surface area contributed by atoms with Gasteiger partial charge in [0, 0.05) is 43.9 Å². The Morgan fingerprint density at radius 3 is 2.92 bits per heavy atom. The molecule has 0 saturated carbocycles. The van der Waals surface area contributed by atoms with Crippen LogP contribution in [-0.4, -0.2) is 55.5 Å². The molecular formula is C19H28ClN3O3. The maximum absolute atomic E-state index is 12.6. The number of carbonyl (C=O) groups is 2. The Hall–Kier alpha value is -1.79. The SMILES string of the molecule is CCCN(C(=O)COc1cccc(N2CCCC2=O)c1)C1CCNC1.Cl. The Kier molecular flexibility index (Phi) is 7.72. The van der Waals surface area contributed by atoms with Gasteiger partial charge in [-0.05, 0) is 37.9 Å². The number of carbonyl (C=O) groups excluding carboxylic acids is 2. The van der Waals surface area contributed by atoms with E-state index < -0.39 is 0 Å². The third-order valence-corrected chi connectivity index (χ3v) is 4.82. The average Bonchev–Trinajstić information content (AvgIpc) is 3.29. The molecule has 2 aliphatic rings. The first-order valence-corrected chi connectivity index (χ1v) is 9.22. The van der Waals surface area contributed by atoms with Crippen LogP contribution in [0.1, 0.15) is 32.6 Å². The van der Waals surface area contributed by atoms with Gasteiger partial charge >= 0.3 is 0 Å². The molecule has 26 heavy (non-hydrogen) atoms. The summed E-state index contributed by atoms with van der Waals surface area (Å²) in [7, 11) is 0. The van der Waals surface area contributed by atoms with Gasteiger partial charge in [0.1, 0.15) is 5.75 Å². The summed E-state index contributed by atoms with van der Waals surface area (Å²) in [6.07, 6.45) is 3.43. The van der Waals surface area contributed by atoms with Gasteiger partial charge in [-0.1, -0.05) is 13.0 Å². The Bertz CT molecular complexity index is 620. The van der Waals surface area contributed by atoms with Gasteiger partial charge in [-0.2, -0.15) is 0 Å². The number of nitrogens with one attached hydrogen (secondary N) is 1. The summed E-state index contributed by atoms with van der Waals surface area (Å²) in [6, 6.07) is 7.72. The second-order valence-corrected chi connectivity index (χ2v) is 6.67. The van der Waals surface area contributed by atoms with Gasteiger partial charge < -0.3 is 19.9 Å². The summed E-state index contributed by atoms with van der Waals surface area (Å²) in [5, 5.41) is 3.31. The highest BCUT2D eigenvalue weighted by molar-refractivity contribution is 5.95. The molecule has 2 heterocycles. The summed E-state index contributed by atoms with van der Waals surface area (Å²) < 4.78 is 5.74. The van der Waals surface area contributed by atoms with Gasteiger partial charge in [0.15, 0.2) is 6.61 Å². The number of ether oxygens (including phenoxy) is 1. The van der Waals surface area contributed by atoms with Crippen LogP contribution < -0.4 is 15.0 Å². The van der Waals surface area contributed by atoms with Crippen LogP contribution in [0.2, 0.25) is 0 Å². The topological polar surface area (TPSA) is 61.9 Å². The molecule has 0 radical (unpaired) electrons. The Morgan fingerprint density at radius 2 is 2.27 bits per heavy atom. The second-order valence-electron chi connectivity index (χ2n) is 6.67. The van der Waals surface area contributed by atoms with Crippen LogP contribution in [0.4, 0.5) is 5.69 Å². The largest absolute Gasteiger partial charge is 0.484 e. The molecule has 0 aliphatic carbocycles. The molecule has 144 valence electrons. The fourth-order valence-corrected chi connectivity index (χ4v) is 3.55. The standard InChI is InChI=1S/C19H27N3O3.ClH/c1-2-10-21(16-8-9-20-13-16)19(24)14-25-17-6-3-5-15(12-17)22-11-4-7-18(22)23;/h3,5-6,12,16,20H,2,4,7-11,13-14H2,1H3;1H. The van der Waals surface area contributed by atoms with Crippen molar-refractivity contribution in [1.82, 2.24) is 10.2 Å². The van der Waals surface area contributed by atoms with E-state index in [0.717, 1.165) is 51.1 Å². The average molecular weight is 382 g/mol. The van der Waals surface area contributed by atoms with E-state index in [1.54, 1.807) is 4.90 Å². The first-order chi connectivity index (χ1) is 12.2. The van der Waals surface area contributed by atoms with Gasteiger partial charge in [-0.25, -0.2) is 0 Å². The lowest BCUT2D eigenvalue weighted by Gasteiger charge is -2.28. The second kappa shape index (κ2) is 9.78. The number of hydrogen-bond donors (Lipinski definition) is 1. The van der Waals surface area contributed by atoms with Crippen LogP contribution in [0.3, 0.4) is 0 Å². The molecule has 1 aromatic carbocycles. The maximum atomic E-state index is 12.6. The zero-order valence-corrected chi connectivity index (χ0v) is 16.1. The molecule has 2 aliphatic heterocycles. The van der Waals surface area contributed by atoms with Crippen LogP contribution in [0.5, 0.6) is 5.75 Å². The minimum atomic E-state index is 0. The van der Waals surface area contributed by atoms with Crippen LogP contribution >= 0.6 is 12.4 Å². The Morgan fingerprint density at radius 1 is 1.42 bits per heavy atom. The molecule has 1 atom stereocenters. The van der Waals surface area contributed by atoms with Gasteiger partial charge in [0.05, 0.1) is 0 Å². The van der Waals surface area contributed by atoms with E-state index in [9.17, 15) is 9.59 Å². The quantitative estimate of drug-likeness (QED) is 0.786. The third kappa shape index (κ3) is 4.89. The van der Waals surface area contributed by atoms with E-state index >= 15 is 0 Å². The van der Waals surface area contributed by atoms with Gasteiger partial charge in [0.2, 0.25) is 5.91 Å². The van der Waals surface area contributed by atoms with Crippen molar-refractivity contribution in [3.8, 4) is 5.75 Å². The Labute approximate surface area is 161 Å². The van der Waals surface area contributed by atoms with E-state index in [1.807, 2.05) is 29.2 Å². The van der Waals surface area contributed by atoms with Crippen molar-refractivity contribution < 1.29 is 14.3 Å².